The smallest absolute Gasteiger partial charge is 0.254 e. The summed E-state index contributed by atoms with van der Waals surface area (Å²) in [6.07, 6.45) is 1.64. The van der Waals surface area contributed by atoms with E-state index >= 15 is 0 Å². The minimum Gasteiger partial charge on any atom is -0.378 e. The minimum absolute atomic E-state index is 0.0238. The first-order chi connectivity index (χ1) is 11.8. The molecule has 0 unspecified atom stereocenters. The highest BCUT2D eigenvalue weighted by Gasteiger charge is 2.18. The molecule has 1 amide bonds. The van der Waals surface area contributed by atoms with Crippen LogP contribution < -0.4 is 5.32 Å². The molecular formula is C18H18N4O2. The first kappa shape index (κ1) is 16.0. The van der Waals surface area contributed by atoms with Gasteiger partial charge in [0.05, 0.1) is 18.8 Å². The summed E-state index contributed by atoms with van der Waals surface area (Å²) in [5.74, 6) is 0.570. The second-order valence-electron chi connectivity index (χ2n) is 5.47. The Labute approximate surface area is 140 Å². The summed E-state index contributed by atoms with van der Waals surface area (Å²) in [5, 5.41) is 12.2. The number of hydrogen-bond acceptors (Lipinski definition) is 5. The lowest BCUT2D eigenvalue weighted by Gasteiger charge is -2.27. The summed E-state index contributed by atoms with van der Waals surface area (Å²) >= 11 is 0. The number of carbonyl (C=O) groups is 1. The summed E-state index contributed by atoms with van der Waals surface area (Å²) in [4.78, 5) is 18.5. The Morgan fingerprint density at radius 1 is 1.29 bits per heavy atom. The molecule has 2 aromatic rings. The maximum atomic E-state index is 12.5. The van der Waals surface area contributed by atoms with Crippen molar-refractivity contribution in [2.75, 3.05) is 31.6 Å². The summed E-state index contributed by atoms with van der Waals surface area (Å²) in [6, 6.07) is 13.1. The number of aromatic nitrogens is 1. The van der Waals surface area contributed by atoms with Gasteiger partial charge in [0.25, 0.3) is 5.91 Å². The Balaban J connectivity index is 1.69. The predicted octanol–water partition coefficient (Wildman–Crippen LogP) is 2.04. The van der Waals surface area contributed by atoms with Crippen molar-refractivity contribution in [1.29, 1.82) is 5.26 Å². The molecule has 0 radical (unpaired) electrons. The van der Waals surface area contributed by atoms with Gasteiger partial charge in [0, 0.05) is 31.4 Å². The maximum absolute atomic E-state index is 12.5. The molecule has 0 atom stereocenters. The third-order valence-corrected chi connectivity index (χ3v) is 3.86. The van der Waals surface area contributed by atoms with E-state index in [4.69, 9.17) is 10.00 Å². The highest BCUT2D eigenvalue weighted by atomic mass is 16.5. The van der Waals surface area contributed by atoms with E-state index in [1.165, 1.54) is 0 Å². The molecular weight excluding hydrogens is 304 g/mol. The van der Waals surface area contributed by atoms with E-state index in [1.54, 1.807) is 18.3 Å². The highest BCUT2D eigenvalue weighted by molar-refractivity contribution is 5.94. The third-order valence-electron chi connectivity index (χ3n) is 3.86. The van der Waals surface area contributed by atoms with Crippen LogP contribution in [0.5, 0.6) is 0 Å². The van der Waals surface area contributed by atoms with E-state index in [0.29, 0.717) is 49.8 Å². The van der Waals surface area contributed by atoms with Crippen molar-refractivity contribution in [3.05, 3.63) is 59.3 Å². The predicted molar refractivity (Wildman–Crippen MR) is 89.4 cm³/mol. The first-order valence-corrected chi connectivity index (χ1v) is 7.83. The fourth-order valence-electron chi connectivity index (χ4n) is 2.59. The van der Waals surface area contributed by atoms with E-state index in [1.807, 2.05) is 29.2 Å². The summed E-state index contributed by atoms with van der Waals surface area (Å²) in [5.41, 5.74) is 2.12. The molecule has 6 heteroatoms. The van der Waals surface area contributed by atoms with Crippen molar-refractivity contribution in [1.82, 2.24) is 9.88 Å². The molecule has 1 aromatic carbocycles. The van der Waals surface area contributed by atoms with Crippen molar-refractivity contribution in [3.8, 4) is 6.07 Å². The number of ether oxygens (including phenoxy) is 1. The Kier molecular flexibility index (Phi) is 5.04. The molecule has 0 saturated carbocycles. The number of morpholine rings is 1. The molecule has 1 aromatic heterocycles. The molecule has 6 nitrogen and oxygen atoms in total. The highest BCUT2D eigenvalue weighted by Crippen LogP contribution is 2.14. The molecule has 1 fully saturated rings. The van der Waals surface area contributed by atoms with Crippen molar-refractivity contribution in [2.24, 2.45) is 0 Å². The molecule has 1 aliphatic rings. The maximum Gasteiger partial charge on any atom is 0.254 e. The number of anilines is 1. The Bertz CT molecular complexity index is 764. The van der Waals surface area contributed by atoms with Crippen LogP contribution in [0.2, 0.25) is 0 Å². The Hall–Kier alpha value is -2.91. The van der Waals surface area contributed by atoms with Crippen LogP contribution >= 0.6 is 0 Å². The largest absolute Gasteiger partial charge is 0.378 e. The molecule has 1 N–H and O–H groups in total. The lowest BCUT2D eigenvalue weighted by atomic mass is 10.1. The number of amides is 1. The molecule has 0 spiro atoms. The van der Waals surface area contributed by atoms with Crippen LogP contribution in [0.3, 0.4) is 0 Å². The molecule has 1 aliphatic heterocycles. The molecule has 122 valence electrons. The van der Waals surface area contributed by atoms with E-state index in [9.17, 15) is 4.79 Å². The molecule has 0 aliphatic carbocycles. The van der Waals surface area contributed by atoms with Crippen LogP contribution in [0, 0.1) is 11.3 Å². The van der Waals surface area contributed by atoms with Crippen molar-refractivity contribution < 1.29 is 9.53 Å². The monoisotopic (exact) mass is 322 g/mol. The van der Waals surface area contributed by atoms with E-state index < -0.39 is 0 Å². The number of benzene rings is 1. The second kappa shape index (κ2) is 7.57. The number of carbonyl (C=O) groups excluding carboxylic acids is 1. The number of nitrogens with one attached hydrogen (secondary N) is 1. The Morgan fingerprint density at radius 3 is 2.92 bits per heavy atom. The van der Waals surface area contributed by atoms with Gasteiger partial charge in [-0.25, -0.2) is 4.98 Å². The fraction of sp³-hybridized carbons (Fsp3) is 0.278. The van der Waals surface area contributed by atoms with Gasteiger partial charge >= 0.3 is 0 Å². The molecule has 3 rings (SSSR count). The van der Waals surface area contributed by atoms with Crippen molar-refractivity contribution in [3.63, 3.8) is 0 Å². The first-order valence-electron chi connectivity index (χ1n) is 7.83. The van der Waals surface area contributed by atoms with E-state index in [0.717, 1.165) is 5.56 Å². The van der Waals surface area contributed by atoms with Crippen LogP contribution in [-0.2, 0) is 11.3 Å². The van der Waals surface area contributed by atoms with Gasteiger partial charge in [-0.2, -0.15) is 5.26 Å². The Morgan fingerprint density at radius 2 is 2.12 bits per heavy atom. The van der Waals surface area contributed by atoms with Gasteiger partial charge in [-0.15, -0.1) is 0 Å². The number of pyridine rings is 1. The third kappa shape index (κ3) is 3.70. The van der Waals surface area contributed by atoms with Gasteiger partial charge in [0.2, 0.25) is 0 Å². The zero-order chi connectivity index (χ0) is 16.8. The van der Waals surface area contributed by atoms with Crippen LogP contribution in [0.1, 0.15) is 21.5 Å². The van der Waals surface area contributed by atoms with Crippen LogP contribution in [0.15, 0.2) is 42.6 Å². The van der Waals surface area contributed by atoms with Crippen molar-refractivity contribution in [2.45, 2.75) is 6.54 Å². The zero-order valence-electron chi connectivity index (χ0n) is 13.2. The normalized spacial score (nSPS) is 14.0. The number of nitrogens with zero attached hydrogens (tertiary/aromatic N) is 3. The van der Waals surface area contributed by atoms with Crippen molar-refractivity contribution >= 4 is 11.7 Å². The summed E-state index contributed by atoms with van der Waals surface area (Å²) in [6.45, 7) is 2.92. The number of nitriles is 1. The van der Waals surface area contributed by atoms with Gasteiger partial charge < -0.3 is 15.0 Å². The quantitative estimate of drug-likeness (QED) is 0.932. The number of hydrogen-bond donors (Lipinski definition) is 1. The average molecular weight is 322 g/mol. The lowest BCUT2D eigenvalue weighted by molar-refractivity contribution is 0.0303. The van der Waals surface area contributed by atoms with Gasteiger partial charge in [-0.05, 0) is 29.8 Å². The summed E-state index contributed by atoms with van der Waals surface area (Å²) in [7, 11) is 0. The molecule has 24 heavy (non-hydrogen) atoms. The van der Waals surface area contributed by atoms with E-state index in [2.05, 4.69) is 16.4 Å². The van der Waals surface area contributed by atoms with Gasteiger partial charge in [0.1, 0.15) is 11.9 Å². The fourth-order valence-corrected chi connectivity index (χ4v) is 2.59. The van der Waals surface area contributed by atoms with Gasteiger partial charge in [-0.1, -0.05) is 12.1 Å². The molecule has 1 saturated heterocycles. The van der Waals surface area contributed by atoms with Crippen LogP contribution in [-0.4, -0.2) is 42.1 Å². The average Bonchev–Trinajstić information content (AvgIpc) is 2.67. The standard InChI is InChI=1S/C18H18N4O2/c19-12-16-5-2-6-20-17(16)21-13-14-3-1-4-15(11-14)18(23)22-7-9-24-10-8-22/h1-6,11H,7-10,13H2,(H,20,21). The molecule has 0 bridgehead atoms. The topological polar surface area (TPSA) is 78.2 Å². The van der Waals surface area contributed by atoms with Gasteiger partial charge in [0.15, 0.2) is 0 Å². The minimum atomic E-state index is 0.0238. The van der Waals surface area contributed by atoms with Crippen LogP contribution in [0.4, 0.5) is 5.82 Å². The SMILES string of the molecule is N#Cc1cccnc1NCc1cccc(C(=O)N2CCOCC2)c1. The molecule has 2 heterocycles. The zero-order valence-corrected chi connectivity index (χ0v) is 13.2. The van der Waals surface area contributed by atoms with Gasteiger partial charge in [-0.3, -0.25) is 4.79 Å². The van der Waals surface area contributed by atoms with E-state index in [-0.39, 0.29) is 5.91 Å². The van der Waals surface area contributed by atoms with Crippen LogP contribution in [0.25, 0.3) is 0 Å². The summed E-state index contributed by atoms with van der Waals surface area (Å²) < 4.78 is 5.28. The second-order valence-corrected chi connectivity index (χ2v) is 5.47. The lowest BCUT2D eigenvalue weighted by Crippen LogP contribution is -2.40. The number of rotatable bonds is 4.